The third-order valence-corrected chi connectivity index (χ3v) is 7.95. The summed E-state index contributed by atoms with van der Waals surface area (Å²) in [5, 5.41) is 11.2. The van der Waals surface area contributed by atoms with Gasteiger partial charge < -0.3 is 9.47 Å². The molecule has 176 valence electrons. The molecule has 12 heteroatoms. The molecule has 1 unspecified atom stereocenters. The van der Waals surface area contributed by atoms with Crippen LogP contribution in [-0.2, 0) is 18.3 Å². The van der Waals surface area contributed by atoms with Crippen LogP contribution in [0.1, 0.15) is 11.3 Å². The zero-order chi connectivity index (χ0) is 24.3. The summed E-state index contributed by atoms with van der Waals surface area (Å²) in [7, 11) is 1.44. The van der Waals surface area contributed by atoms with Crippen LogP contribution in [0.3, 0.4) is 0 Å². The second-order valence-electron chi connectivity index (χ2n) is 7.17. The highest BCUT2D eigenvalue weighted by atomic mass is 127. The van der Waals surface area contributed by atoms with Gasteiger partial charge in [-0.1, -0.05) is 51.2 Å². The van der Waals surface area contributed by atoms with Gasteiger partial charge >= 0.3 is 0 Å². The molecule has 0 N–H and O–H groups in total. The summed E-state index contributed by atoms with van der Waals surface area (Å²) >= 11 is 4.25. The summed E-state index contributed by atoms with van der Waals surface area (Å²) in [5.74, 6) is -0.975. The van der Waals surface area contributed by atoms with Gasteiger partial charge in [0.2, 0.25) is 0 Å². The molecule has 0 fully saturated rings. The van der Waals surface area contributed by atoms with Crippen molar-refractivity contribution < 1.29 is 22.6 Å². The first kappa shape index (κ1) is 24.8. The van der Waals surface area contributed by atoms with Crippen molar-refractivity contribution in [1.82, 2.24) is 25.2 Å². The molecule has 0 spiro atoms. The number of benzene rings is 2. The molecule has 4 aromatic rings. The van der Waals surface area contributed by atoms with Crippen LogP contribution in [0.4, 0.5) is 13.2 Å². The van der Waals surface area contributed by atoms with Gasteiger partial charge in [0.25, 0.3) is 0 Å². The Labute approximate surface area is 220 Å². The van der Waals surface area contributed by atoms with Gasteiger partial charge in [-0.15, -0.1) is 5.10 Å². The number of rotatable bonds is 8. The van der Waals surface area contributed by atoms with Crippen LogP contribution < -0.4 is 4.74 Å². The molecule has 2 heterocycles. The SMILES string of the molecule is COC(Cn1cnnn1)(c1ccc(F)cc1F)C(I)(I)c1ccc(Oc2ccc(F)cc2)cn1. The van der Waals surface area contributed by atoms with E-state index < -0.39 is 18.7 Å². The van der Waals surface area contributed by atoms with Crippen molar-refractivity contribution in [3.05, 3.63) is 95.8 Å². The molecule has 0 aliphatic heterocycles. The average Bonchev–Trinajstić information content (AvgIpc) is 3.33. The highest BCUT2D eigenvalue weighted by molar-refractivity contribution is 14.2. The molecular formula is C22H16F3I2N5O2. The summed E-state index contributed by atoms with van der Waals surface area (Å²) in [5.41, 5.74) is -0.754. The van der Waals surface area contributed by atoms with Gasteiger partial charge in [0.1, 0.15) is 42.3 Å². The smallest absolute Gasteiger partial charge is 0.150 e. The molecule has 1 atom stereocenters. The highest BCUT2D eigenvalue weighted by Crippen LogP contribution is 2.56. The van der Waals surface area contributed by atoms with Gasteiger partial charge in [0.15, 0.2) is 0 Å². The predicted molar refractivity (Wildman–Crippen MR) is 133 cm³/mol. The molecule has 2 aromatic heterocycles. The number of tetrazole rings is 1. The van der Waals surface area contributed by atoms with Crippen molar-refractivity contribution in [1.29, 1.82) is 0 Å². The first-order valence-electron chi connectivity index (χ1n) is 9.74. The quantitative estimate of drug-likeness (QED) is 0.178. The Morgan fingerprint density at radius 2 is 1.65 bits per heavy atom. The van der Waals surface area contributed by atoms with Crippen LogP contribution in [-0.4, -0.2) is 32.3 Å². The summed E-state index contributed by atoms with van der Waals surface area (Å²) in [6, 6.07) is 12.3. The number of aromatic nitrogens is 5. The molecule has 2 aromatic carbocycles. The largest absolute Gasteiger partial charge is 0.456 e. The van der Waals surface area contributed by atoms with Crippen molar-refractivity contribution in [2.24, 2.45) is 0 Å². The van der Waals surface area contributed by atoms with E-state index in [1.807, 2.05) is 0 Å². The van der Waals surface area contributed by atoms with E-state index in [0.29, 0.717) is 17.2 Å². The van der Waals surface area contributed by atoms with Crippen LogP contribution in [0.2, 0.25) is 0 Å². The lowest BCUT2D eigenvalue weighted by atomic mass is 9.87. The van der Waals surface area contributed by atoms with E-state index in [9.17, 15) is 8.78 Å². The predicted octanol–water partition coefficient (Wildman–Crippen LogP) is 5.54. The van der Waals surface area contributed by atoms with Crippen LogP contribution in [0.25, 0.3) is 0 Å². The number of nitrogens with zero attached hydrogens (tertiary/aromatic N) is 5. The topological polar surface area (TPSA) is 75.0 Å². The second kappa shape index (κ2) is 10.1. The summed E-state index contributed by atoms with van der Waals surface area (Å²) < 4.78 is 54.0. The molecule has 4 rings (SSSR count). The fourth-order valence-corrected chi connectivity index (χ4v) is 5.43. The minimum atomic E-state index is -1.40. The molecule has 0 saturated carbocycles. The molecule has 0 saturated heterocycles. The lowest BCUT2D eigenvalue weighted by Gasteiger charge is -2.42. The highest BCUT2D eigenvalue weighted by Gasteiger charge is 2.54. The standard InChI is InChI=1S/C22H16F3I2N5O2/c1-33-21(12-32-13-29-30-31-32,18-8-4-15(24)10-19(18)25)22(26,27)20-9-7-17(11-28-20)34-16-5-2-14(23)3-6-16/h2-11,13H,12H2,1H3. The fourth-order valence-electron chi connectivity index (χ4n) is 3.43. The van der Waals surface area contributed by atoms with E-state index in [1.54, 1.807) is 12.1 Å². The Morgan fingerprint density at radius 1 is 0.941 bits per heavy atom. The van der Waals surface area contributed by atoms with Gasteiger partial charge in [-0.25, -0.2) is 17.9 Å². The van der Waals surface area contributed by atoms with Crippen molar-refractivity contribution in [3.63, 3.8) is 0 Å². The second-order valence-corrected chi connectivity index (χ2v) is 12.5. The Kier molecular flexibility index (Phi) is 7.37. The van der Waals surface area contributed by atoms with Gasteiger partial charge in [-0.05, 0) is 52.9 Å². The Morgan fingerprint density at radius 3 is 2.24 bits per heavy atom. The zero-order valence-electron chi connectivity index (χ0n) is 17.5. The Hall–Kier alpha value is -2.33. The Bertz CT molecular complexity index is 1260. The average molecular weight is 693 g/mol. The van der Waals surface area contributed by atoms with Gasteiger partial charge in [-0.2, -0.15) is 0 Å². The number of methoxy groups -OCH3 is 1. The zero-order valence-corrected chi connectivity index (χ0v) is 21.8. The first-order chi connectivity index (χ1) is 16.2. The molecule has 0 amide bonds. The van der Waals surface area contributed by atoms with E-state index >= 15 is 4.39 Å². The maximum atomic E-state index is 15.1. The number of halogens is 5. The van der Waals surface area contributed by atoms with Crippen molar-refractivity contribution >= 4 is 45.2 Å². The molecule has 0 radical (unpaired) electrons. The molecule has 0 aliphatic rings. The van der Waals surface area contributed by atoms with Crippen LogP contribution in [0, 0.1) is 17.5 Å². The Balaban J connectivity index is 1.74. The number of alkyl halides is 2. The minimum absolute atomic E-state index is 0.0143. The van der Waals surface area contributed by atoms with E-state index in [1.165, 1.54) is 60.7 Å². The molecular weight excluding hydrogens is 677 g/mol. The summed E-state index contributed by atoms with van der Waals surface area (Å²) in [6.07, 6.45) is 2.88. The number of ether oxygens (including phenoxy) is 2. The normalized spacial score (nSPS) is 13.5. The van der Waals surface area contributed by atoms with Crippen LogP contribution in [0.5, 0.6) is 11.5 Å². The van der Waals surface area contributed by atoms with E-state index in [0.717, 1.165) is 6.07 Å². The molecule has 34 heavy (non-hydrogen) atoms. The summed E-state index contributed by atoms with van der Waals surface area (Å²) in [4.78, 5) is 4.53. The van der Waals surface area contributed by atoms with E-state index in [-0.39, 0.29) is 17.9 Å². The van der Waals surface area contributed by atoms with Crippen molar-refractivity contribution in [2.75, 3.05) is 7.11 Å². The molecule has 0 bridgehead atoms. The molecule has 0 aliphatic carbocycles. The van der Waals surface area contributed by atoms with Crippen molar-refractivity contribution in [2.45, 2.75) is 13.6 Å². The van der Waals surface area contributed by atoms with E-state index in [2.05, 4.69) is 65.7 Å². The third kappa shape index (κ3) is 4.88. The lowest BCUT2D eigenvalue weighted by molar-refractivity contribution is -0.0389. The fraction of sp³-hybridized carbons (Fsp3) is 0.182. The maximum Gasteiger partial charge on any atom is 0.150 e. The molecule has 7 nitrogen and oxygen atoms in total. The van der Waals surface area contributed by atoms with Crippen LogP contribution in [0.15, 0.2) is 67.1 Å². The monoisotopic (exact) mass is 693 g/mol. The number of pyridine rings is 1. The minimum Gasteiger partial charge on any atom is -0.456 e. The van der Waals surface area contributed by atoms with E-state index in [4.69, 9.17) is 9.47 Å². The number of hydrogen-bond donors (Lipinski definition) is 0. The van der Waals surface area contributed by atoms with Crippen molar-refractivity contribution in [3.8, 4) is 11.5 Å². The van der Waals surface area contributed by atoms with Gasteiger partial charge in [0, 0.05) is 18.7 Å². The lowest BCUT2D eigenvalue weighted by Crippen LogP contribution is -2.47. The summed E-state index contributed by atoms with van der Waals surface area (Å²) in [6.45, 7) is 0.0143. The number of hydrogen-bond acceptors (Lipinski definition) is 6. The van der Waals surface area contributed by atoms with Gasteiger partial charge in [0.05, 0.1) is 18.4 Å². The van der Waals surface area contributed by atoms with Gasteiger partial charge in [-0.3, -0.25) is 4.98 Å². The third-order valence-electron chi connectivity index (χ3n) is 5.11. The first-order valence-corrected chi connectivity index (χ1v) is 11.9. The van der Waals surface area contributed by atoms with Crippen LogP contribution >= 0.6 is 45.2 Å². The maximum absolute atomic E-state index is 15.1.